The fraction of sp³-hybridized carbons (Fsp3) is 0.182. The van der Waals surface area contributed by atoms with E-state index in [1.165, 1.54) is 6.08 Å². The van der Waals surface area contributed by atoms with Crippen molar-refractivity contribution in [1.82, 2.24) is 14.9 Å². The van der Waals surface area contributed by atoms with Gasteiger partial charge >= 0.3 is 0 Å². The van der Waals surface area contributed by atoms with Crippen molar-refractivity contribution < 1.29 is 19.0 Å². The molecule has 29 heavy (non-hydrogen) atoms. The Balaban J connectivity index is 1.53. The Morgan fingerprint density at radius 3 is 2.72 bits per heavy atom. The molecule has 1 aliphatic rings. The molecule has 148 valence electrons. The Morgan fingerprint density at radius 2 is 2.00 bits per heavy atom. The molecule has 7 heteroatoms. The lowest BCUT2D eigenvalue weighted by atomic mass is 10.1. The first-order valence-corrected chi connectivity index (χ1v) is 9.13. The largest absolute Gasteiger partial charge is 0.497 e. The van der Waals surface area contributed by atoms with Crippen molar-refractivity contribution in [2.24, 2.45) is 7.05 Å². The fourth-order valence-corrected chi connectivity index (χ4v) is 3.13. The van der Waals surface area contributed by atoms with E-state index in [2.05, 4.69) is 10.3 Å². The number of nitrogens with zero attached hydrogens (tertiary/aromatic N) is 2. The van der Waals surface area contributed by atoms with E-state index >= 15 is 0 Å². The number of fused-ring (bicyclic) bond motifs is 1. The quantitative estimate of drug-likeness (QED) is 0.654. The van der Waals surface area contributed by atoms with Crippen LogP contribution < -0.4 is 19.5 Å². The number of carbonyl (C=O) groups is 1. The Hall–Kier alpha value is -3.74. The molecule has 0 fully saturated rings. The van der Waals surface area contributed by atoms with Crippen LogP contribution in [0, 0.1) is 0 Å². The second kappa shape index (κ2) is 8.10. The number of amides is 1. The summed E-state index contributed by atoms with van der Waals surface area (Å²) < 4.78 is 17.8. The zero-order valence-electron chi connectivity index (χ0n) is 16.2. The molecular formula is C22H21N3O4. The number of aryl methyl sites for hydroxylation is 1. The number of aromatic nitrogens is 2. The summed E-state index contributed by atoms with van der Waals surface area (Å²) in [6, 6.07) is 12.7. The number of nitrogens with one attached hydrogen (secondary N) is 1. The monoisotopic (exact) mass is 391 g/mol. The van der Waals surface area contributed by atoms with Gasteiger partial charge in [0.15, 0.2) is 11.5 Å². The molecule has 4 rings (SSSR count). The lowest BCUT2D eigenvalue weighted by molar-refractivity contribution is -0.117. The number of benzene rings is 2. The van der Waals surface area contributed by atoms with Crippen LogP contribution in [0.25, 0.3) is 6.08 Å². The van der Waals surface area contributed by atoms with E-state index in [4.69, 9.17) is 14.2 Å². The van der Waals surface area contributed by atoms with Gasteiger partial charge in [0.2, 0.25) is 12.7 Å². The smallest absolute Gasteiger partial charge is 0.244 e. The molecule has 0 bridgehead atoms. The van der Waals surface area contributed by atoms with Gasteiger partial charge in [-0.15, -0.1) is 0 Å². The van der Waals surface area contributed by atoms with Crippen LogP contribution >= 0.6 is 0 Å². The van der Waals surface area contributed by atoms with Gasteiger partial charge in [0.25, 0.3) is 0 Å². The van der Waals surface area contributed by atoms with Gasteiger partial charge in [-0.3, -0.25) is 4.79 Å². The number of ether oxygens (including phenoxy) is 3. The van der Waals surface area contributed by atoms with E-state index in [0.29, 0.717) is 11.5 Å². The summed E-state index contributed by atoms with van der Waals surface area (Å²) in [4.78, 5) is 17.1. The minimum Gasteiger partial charge on any atom is -0.497 e. The number of hydrogen-bond acceptors (Lipinski definition) is 5. The summed E-state index contributed by atoms with van der Waals surface area (Å²) in [6.07, 6.45) is 6.79. The van der Waals surface area contributed by atoms with Crippen molar-refractivity contribution in [3.63, 3.8) is 0 Å². The molecule has 1 aromatic heterocycles. The predicted octanol–water partition coefficient (Wildman–Crippen LogP) is 3.08. The normalized spacial score (nSPS) is 13.4. The number of methoxy groups -OCH3 is 1. The van der Waals surface area contributed by atoms with Crippen LogP contribution in [0.3, 0.4) is 0 Å². The first-order valence-electron chi connectivity index (χ1n) is 9.13. The lowest BCUT2D eigenvalue weighted by Crippen LogP contribution is -2.29. The van der Waals surface area contributed by atoms with E-state index in [9.17, 15) is 4.79 Å². The topological polar surface area (TPSA) is 74.6 Å². The summed E-state index contributed by atoms with van der Waals surface area (Å²) in [5.74, 6) is 2.64. The molecule has 1 atom stereocenters. The molecule has 2 heterocycles. The van der Waals surface area contributed by atoms with Crippen LogP contribution in [0.5, 0.6) is 17.2 Å². The van der Waals surface area contributed by atoms with Crippen molar-refractivity contribution in [3.8, 4) is 17.2 Å². The van der Waals surface area contributed by atoms with Crippen molar-refractivity contribution in [1.29, 1.82) is 0 Å². The minimum absolute atomic E-state index is 0.218. The zero-order valence-corrected chi connectivity index (χ0v) is 16.2. The number of hydrogen-bond donors (Lipinski definition) is 1. The summed E-state index contributed by atoms with van der Waals surface area (Å²) >= 11 is 0. The van der Waals surface area contributed by atoms with E-state index in [-0.39, 0.29) is 12.7 Å². The molecule has 2 aromatic carbocycles. The average Bonchev–Trinajstić information content (AvgIpc) is 3.39. The maximum Gasteiger partial charge on any atom is 0.244 e. The van der Waals surface area contributed by atoms with Crippen molar-refractivity contribution >= 4 is 12.0 Å². The van der Waals surface area contributed by atoms with Gasteiger partial charge in [-0.05, 0) is 41.5 Å². The average molecular weight is 391 g/mol. The molecule has 1 unspecified atom stereocenters. The first kappa shape index (κ1) is 18.6. The number of imidazole rings is 1. The molecular weight excluding hydrogens is 370 g/mol. The van der Waals surface area contributed by atoms with E-state index in [1.807, 2.05) is 60.3 Å². The molecule has 0 saturated carbocycles. The van der Waals surface area contributed by atoms with Crippen molar-refractivity contribution in [2.45, 2.75) is 6.04 Å². The van der Waals surface area contributed by atoms with Crippen molar-refractivity contribution in [3.05, 3.63) is 77.9 Å². The third-order valence-corrected chi connectivity index (χ3v) is 4.68. The fourth-order valence-electron chi connectivity index (χ4n) is 3.13. The highest BCUT2D eigenvalue weighted by Crippen LogP contribution is 2.32. The molecule has 0 radical (unpaired) electrons. The Morgan fingerprint density at radius 1 is 1.21 bits per heavy atom. The molecule has 0 aliphatic carbocycles. The summed E-state index contributed by atoms with van der Waals surface area (Å²) in [6.45, 7) is 0.218. The highest BCUT2D eigenvalue weighted by molar-refractivity contribution is 5.92. The maximum atomic E-state index is 12.6. The van der Waals surface area contributed by atoms with Crippen LogP contribution in [-0.4, -0.2) is 29.4 Å². The molecule has 3 aromatic rings. The highest BCUT2D eigenvalue weighted by Gasteiger charge is 2.20. The zero-order chi connectivity index (χ0) is 20.2. The SMILES string of the molecule is COc1ccc(C(NC(=O)/C=C/c2ccc3c(c2)OCO3)c2nccn2C)cc1. The number of carbonyl (C=O) groups excluding carboxylic acids is 1. The van der Waals surface area contributed by atoms with Crippen LogP contribution in [0.2, 0.25) is 0 Å². The molecule has 0 spiro atoms. The van der Waals surface area contributed by atoms with Gasteiger partial charge in [0.05, 0.1) is 7.11 Å². The third-order valence-electron chi connectivity index (χ3n) is 4.68. The summed E-state index contributed by atoms with van der Waals surface area (Å²) in [7, 11) is 3.52. The van der Waals surface area contributed by atoms with Crippen LogP contribution in [-0.2, 0) is 11.8 Å². The number of rotatable bonds is 6. The van der Waals surface area contributed by atoms with Crippen LogP contribution in [0.15, 0.2) is 60.9 Å². The van der Waals surface area contributed by atoms with E-state index in [1.54, 1.807) is 19.4 Å². The Labute approximate surface area is 168 Å². The van der Waals surface area contributed by atoms with Crippen LogP contribution in [0.1, 0.15) is 23.0 Å². The van der Waals surface area contributed by atoms with Crippen LogP contribution in [0.4, 0.5) is 0 Å². The Kier molecular flexibility index (Phi) is 5.20. The molecule has 1 N–H and O–H groups in total. The molecule has 7 nitrogen and oxygen atoms in total. The van der Waals surface area contributed by atoms with Gasteiger partial charge in [-0.1, -0.05) is 18.2 Å². The van der Waals surface area contributed by atoms with Gasteiger partial charge in [0, 0.05) is 25.5 Å². The second-order valence-corrected chi connectivity index (χ2v) is 6.56. The second-order valence-electron chi connectivity index (χ2n) is 6.56. The summed E-state index contributed by atoms with van der Waals surface area (Å²) in [5.41, 5.74) is 1.76. The molecule has 1 aliphatic heterocycles. The lowest BCUT2D eigenvalue weighted by Gasteiger charge is -2.18. The standard InChI is InChI=1S/C22H21N3O4/c1-25-12-11-23-22(25)21(16-5-7-17(27-2)8-6-16)24-20(26)10-4-15-3-9-18-19(13-15)29-14-28-18/h3-13,21H,14H2,1-2H3,(H,24,26)/b10-4+. The maximum absolute atomic E-state index is 12.6. The van der Waals surface area contributed by atoms with Gasteiger partial charge in [-0.2, -0.15) is 0 Å². The Bertz CT molecular complexity index is 1040. The van der Waals surface area contributed by atoms with Gasteiger partial charge < -0.3 is 24.1 Å². The van der Waals surface area contributed by atoms with E-state index < -0.39 is 6.04 Å². The van der Waals surface area contributed by atoms with Gasteiger partial charge in [0.1, 0.15) is 17.6 Å². The molecule has 0 saturated heterocycles. The van der Waals surface area contributed by atoms with Gasteiger partial charge in [-0.25, -0.2) is 4.98 Å². The molecule has 1 amide bonds. The summed E-state index contributed by atoms with van der Waals surface area (Å²) in [5, 5.41) is 3.03. The van der Waals surface area contributed by atoms with E-state index in [0.717, 1.165) is 22.7 Å². The first-order chi connectivity index (χ1) is 14.1. The highest BCUT2D eigenvalue weighted by atomic mass is 16.7. The van der Waals surface area contributed by atoms with Crippen molar-refractivity contribution in [2.75, 3.05) is 13.9 Å². The predicted molar refractivity (Wildman–Crippen MR) is 108 cm³/mol. The minimum atomic E-state index is -0.394. The third kappa shape index (κ3) is 4.08.